The van der Waals surface area contributed by atoms with E-state index in [1.807, 2.05) is 12.3 Å². The van der Waals surface area contributed by atoms with Crippen LogP contribution >= 0.6 is 11.3 Å². The molecule has 0 bridgehead atoms. The maximum atomic E-state index is 11.9. The third kappa shape index (κ3) is 2.16. The summed E-state index contributed by atoms with van der Waals surface area (Å²) < 4.78 is 0. The Morgan fingerprint density at radius 2 is 2.56 bits per heavy atom. The van der Waals surface area contributed by atoms with Crippen molar-refractivity contribution < 1.29 is 4.79 Å². The molecule has 2 heterocycles. The number of anilines is 1. The topological polar surface area (TPSA) is 92.9 Å². The SMILES string of the molecule is Cc1csc(N2CC(CN=[N+]=[N-])CC2=O)c1C#N. The summed E-state index contributed by atoms with van der Waals surface area (Å²) in [7, 11) is 0. The zero-order valence-corrected chi connectivity index (χ0v) is 10.6. The van der Waals surface area contributed by atoms with E-state index in [0.29, 0.717) is 30.1 Å². The van der Waals surface area contributed by atoms with Crippen molar-refractivity contribution in [3.05, 3.63) is 26.9 Å². The van der Waals surface area contributed by atoms with Crippen molar-refractivity contribution in [3.8, 4) is 6.07 Å². The first-order chi connectivity index (χ1) is 8.67. The predicted molar refractivity (Wildman–Crippen MR) is 68.2 cm³/mol. The second kappa shape index (κ2) is 5.08. The van der Waals surface area contributed by atoms with Gasteiger partial charge >= 0.3 is 0 Å². The Morgan fingerprint density at radius 3 is 3.22 bits per heavy atom. The molecule has 1 saturated heterocycles. The van der Waals surface area contributed by atoms with Gasteiger partial charge in [0.15, 0.2) is 0 Å². The minimum atomic E-state index is -0.00788. The molecular formula is C11H11N5OS. The van der Waals surface area contributed by atoms with Gasteiger partial charge in [-0.05, 0) is 29.3 Å². The molecule has 0 aromatic carbocycles. The molecule has 92 valence electrons. The van der Waals surface area contributed by atoms with E-state index in [4.69, 9.17) is 10.8 Å². The van der Waals surface area contributed by atoms with E-state index >= 15 is 0 Å². The molecule has 1 fully saturated rings. The highest BCUT2D eigenvalue weighted by atomic mass is 32.1. The van der Waals surface area contributed by atoms with Crippen LogP contribution < -0.4 is 4.90 Å². The molecule has 0 aliphatic carbocycles. The number of rotatable bonds is 3. The third-order valence-corrected chi connectivity index (χ3v) is 4.04. The van der Waals surface area contributed by atoms with Gasteiger partial charge in [-0.25, -0.2) is 0 Å². The largest absolute Gasteiger partial charge is 0.302 e. The number of nitriles is 1. The van der Waals surface area contributed by atoms with E-state index in [2.05, 4.69) is 16.1 Å². The molecule has 0 saturated carbocycles. The molecule has 1 atom stereocenters. The normalized spacial score (nSPS) is 18.6. The van der Waals surface area contributed by atoms with E-state index in [1.165, 1.54) is 11.3 Å². The monoisotopic (exact) mass is 261 g/mol. The van der Waals surface area contributed by atoms with Crippen molar-refractivity contribution in [2.75, 3.05) is 18.0 Å². The van der Waals surface area contributed by atoms with Crippen LogP contribution in [0.4, 0.5) is 5.00 Å². The average molecular weight is 261 g/mol. The van der Waals surface area contributed by atoms with Crippen molar-refractivity contribution in [1.82, 2.24) is 0 Å². The molecule has 0 radical (unpaired) electrons. The number of carbonyl (C=O) groups excluding carboxylic acids is 1. The zero-order valence-electron chi connectivity index (χ0n) is 9.83. The van der Waals surface area contributed by atoms with Crippen LogP contribution in [0.5, 0.6) is 0 Å². The lowest BCUT2D eigenvalue weighted by atomic mass is 10.1. The number of nitrogens with zero attached hydrogens (tertiary/aromatic N) is 5. The quantitative estimate of drug-likeness (QED) is 0.475. The van der Waals surface area contributed by atoms with Gasteiger partial charge in [0, 0.05) is 24.4 Å². The van der Waals surface area contributed by atoms with E-state index < -0.39 is 0 Å². The molecule has 1 aromatic rings. The molecule has 1 unspecified atom stereocenters. The Bertz CT molecular complexity index is 566. The van der Waals surface area contributed by atoms with Gasteiger partial charge in [-0.15, -0.1) is 11.3 Å². The second-order valence-corrected chi connectivity index (χ2v) is 5.06. The molecule has 1 aliphatic heterocycles. The first-order valence-electron chi connectivity index (χ1n) is 5.46. The van der Waals surface area contributed by atoms with Crippen LogP contribution in [-0.4, -0.2) is 19.0 Å². The van der Waals surface area contributed by atoms with Crippen LogP contribution in [0.1, 0.15) is 17.5 Å². The maximum absolute atomic E-state index is 11.9. The van der Waals surface area contributed by atoms with Gasteiger partial charge in [0.1, 0.15) is 11.1 Å². The number of aryl methyl sites for hydroxylation is 1. The first-order valence-corrected chi connectivity index (χ1v) is 6.34. The highest BCUT2D eigenvalue weighted by molar-refractivity contribution is 7.14. The van der Waals surface area contributed by atoms with Crippen molar-refractivity contribution in [2.24, 2.45) is 11.0 Å². The Morgan fingerprint density at radius 1 is 1.78 bits per heavy atom. The fourth-order valence-electron chi connectivity index (χ4n) is 2.02. The van der Waals surface area contributed by atoms with Gasteiger partial charge in [-0.2, -0.15) is 5.26 Å². The molecule has 0 spiro atoms. The lowest BCUT2D eigenvalue weighted by Crippen LogP contribution is -2.24. The molecule has 18 heavy (non-hydrogen) atoms. The Balaban J connectivity index is 2.22. The second-order valence-electron chi connectivity index (χ2n) is 4.20. The summed E-state index contributed by atoms with van der Waals surface area (Å²) in [5, 5.41) is 15.2. The molecule has 1 aromatic heterocycles. The van der Waals surface area contributed by atoms with Crippen LogP contribution in [0.15, 0.2) is 10.5 Å². The summed E-state index contributed by atoms with van der Waals surface area (Å²) >= 11 is 1.41. The summed E-state index contributed by atoms with van der Waals surface area (Å²) in [6.07, 6.45) is 0.376. The standard InChI is InChI=1S/C11H11N5OS/c1-7-6-18-11(9(7)3-12)16-5-8(2-10(16)17)4-14-15-13/h6,8H,2,4-5H2,1H3. The lowest BCUT2D eigenvalue weighted by molar-refractivity contribution is -0.117. The van der Waals surface area contributed by atoms with Gasteiger partial charge in [0.2, 0.25) is 5.91 Å². The van der Waals surface area contributed by atoms with Crippen LogP contribution in [0.2, 0.25) is 0 Å². The number of azide groups is 1. The van der Waals surface area contributed by atoms with Crippen LogP contribution in [0, 0.1) is 24.2 Å². The van der Waals surface area contributed by atoms with E-state index in [9.17, 15) is 4.79 Å². The van der Waals surface area contributed by atoms with E-state index in [-0.39, 0.29) is 11.8 Å². The van der Waals surface area contributed by atoms with E-state index in [1.54, 1.807) is 4.90 Å². The minimum absolute atomic E-state index is 0.00788. The minimum Gasteiger partial charge on any atom is -0.302 e. The highest BCUT2D eigenvalue weighted by Crippen LogP contribution is 2.34. The Kier molecular flexibility index (Phi) is 3.51. The first kappa shape index (κ1) is 12.4. The zero-order chi connectivity index (χ0) is 13.1. The fraction of sp³-hybridized carbons (Fsp3) is 0.455. The van der Waals surface area contributed by atoms with Gasteiger partial charge in [0.25, 0.3) is 0 Å². The van der Waals surface area contributed by atoms with Crippen LogP contribution in [-0.2, 0) is 4.79 Å². The number of hydrogen-bond donors (Lipinski definition) is 0. The summed E-state index contributed by atoms with van der Waals surface area (Å²) in [5.74, 6) is 0.0360. The van der Waals surface area contributed by atoms with Gasteiger partial charge in [0.05, 0.1) is 5.56 Å². The molecule has 1 aliphatic rings. The van der Waals surface area contributed by atoms with Crippen molar-refractivity contribution in [3.63, 3.8) is 0 Å². The summed E-state index contributed by atoms with van der Waals surface area (Å²) in [6.45, 7) is 2.70. The number of amides is 1. The maximum Gasteiger partial charge on any atom is 0.227 e. The summed E-state index contributed by atoms with van der Waals surface area (Å²) in [4.78, 5) is 16.3. The summed E-state index contributed by atoms with van der Waals surface area (Å²) in [5.41, 5.74) is 9.74. The van der Waals surface area contributed by atoms with Crippen molar-refractivity contribution >= 4 is 22.2 Å². The average Bonchev–Trinajstić information content (AvgIpc) is 2.89. The van der Waals surface area contributed by atoms with Crippen LogP contribution in [0.3, 0.4) is 0 Å². The molecular weight excluding hydrogens is 250 g/mol. The molecule has 7 heteroatoms. The fourth-order valence-corrected chi connectivity index (χ4v) is 3.05. The molecule has 6 nitrogen and oxygen atoms in total. The molecule has 2 rings (SSSR count). The Hall–Kier alpha value is -2.03. The van der Waals surface area contributed by atoms with Gasteiger partial charge < -0.3 is 4.90 Å². The third-order valence-electron chi connectivity index (χ3n) is 2.92. The Labute approximate surface area is 108 Å². The van der Waals surface area contributed by atoms with Crippen molar-refractivity contribution in [1.29, 1.82) is 5.26 Å². The predicted octanol–water partition coefficient (Wildman–Crippen LogP) is 2.59. The lowest BCUT2D eigenvalue weighted by Gasteiger charge is -2.14. The van der Waals surface area contributed by atoms with Crippen LogP contribution in [0.25, 0.3) is 10.4 Å². The van der Waals surface area contributed by atoms with Gasteiger partial charge in [-0.1, -0.05) is 5.11 Å². The van der Waals surface area contributed by atoms with Gasteiger partial charge in [-0.3, -0.25) is 4.79 Å². The molecule has 0 N–H and O–H groups in total. The number of carbonyl (C=O) groups is 1. The smallest absolute Gasteiger partial charge is 0.227 e. The number of hydrogen-bond acceptors (Lipinski definition) is 4. The molecule has 1 amide bonds. The summed E-state index contributed by atoms with van der Waals surface area (Å²) in [6, 6.07) is 2.13. The number of thiophene rings is 1. The highest BCUT2D eigenvalue weighted by Gasteiger charge is 2.32. The van der Waals surface area contributed by atoms with Crippen molar-refractivity contribution in [2.45, 2.75) is 13.3 Å². The van der Waals surface area contributed by atoms with E-state index in [0.717, 1.165) is 5.56 Å².